The molecule has 43 heavy (non-hydrogen) atoms. The molecule has 2 saturated heterocycles. The van der Waals surface area contributed by atoms with Crippen LogP contribution in [-0.4, -0.2) is 81.6 Å². The van der Waals surface area contributed by atoms with E-state index in [4.69, 9.17) is 5.73 Å². The molecule has 222 valence electrons. The lowest BCUT2D eigenvalue weighted by Crippen LogP contribution is -2.49. The van der Waals surface area contributed by atoms with E-state index in [-0.39, 0.29) is 30.0 Å². The third kappa shape index (κ3) is 5.73. The molecule has 2 aromatic carbocycles. The third-order valence-electron chi connectivity index (χ3n) is 8.32. The van der Waals surface area contributed by atoms with Gasteiger partial charge in [-0.3, -0.25) is 19.3 Å². The van der Waals surface area contributed by atoms with E-state index in [1.807, 2.05) is 12.1 Å². The minimum Gasteiger partial charge on any atom is -0.507 e. The lowest BCUT2D eigenvalue weighted by molar-refractivity contribution is -0.126. The van der Waals surface area contributed by atoms with Crippen LogP contribution >= 0.6 is 0 Å². The first-order valence-corrected chi connectivity index (χ1v) is 14.4. The minimum atomic E-state index is -0.553. The van der Waals surface area contributed by atoms with Crippen molar-refractivity contribution in [1.29, 1.82) is 0 Å². The Hall–Kier alpha value is -4.97. The Kier molecular flexibility index (Phi) is 7.68. The number of allylic oxidation sites excluding steroid dienone is 1. The Labute approximate surface area is 249 Å². The monoisotopic (exact) mass is 582 g/mol. The van der Waals surface area contributed by atoms with Crippen molar-refractivity contribution >= 4 is 34.9 Å². The molecule has 3 aromatic rings. The number of hydrogen-bond donors (Lipinski definition) is 4. The summed E-state index contributed by atoms with van der Waals surface area (Å²) in [4.78, 5) is 44.6. The molecule has 12 heteroatoms. The number of piperazine rings is 1. The first-order chi connectivity index (χ1) is 20.8. The largest absolute Gasteiger partial charge is 0.507 e. The Morgan fingerprint density at radius 1 is 1.07 bits per heavy atom. The molecule has 0 spiro atoms. The van der Waals surface area contributed by atoms with Crippen LogP contribution in [0.25, 0.3) is 11.3 Å². The molecule has 0 aliphatic carbocycles. The fraction of sp³-hybridized carbons (Fsp3) is 0.323. The van der Waals surface area contributed by atoms with Crippen molar-refractivity contribution < 1.29 is 19.5 Å². The van der Waals surface area contributed by atoms with Gasteiger partial charge in [-0.2, -0.15) is 0 Å². The van der Waals surface area contributed by atoms with Gasteiger partial charge in [-0.1, -0.05) is 24.8 Å². The van der Waals surface area contributed by atoms with Gasteiger partial charge in [-0.05, 0) is 43.2 Å². The molecule has 1 unspecified atom stereocenters. The third-order valence-corrected chi connectivity index (χ3v) is 8.32. The first-order valence-electron chi connectivity index (χ1n) is 14.4. The summed E-state index contributed by atoms with van der Waals surface area (Å²) in [6, 6.07) is 13.6. The number of aromatic hydroxyl groups is 1. The number of phenols is 1. The lowest BCUT2D eigenvalue weighted by Gasteiger charge is -2.36. The van der Waals surface area contributed by atoms with Crippen LogP contribution in [-0.2, 0) is 16.1 Å². The Balaban J connectivity index is 1.03. The van der Waals surface area contributed by atoms with Gasteiger partial charge in [0.05, 0.1) is 11.4 Å². The predicted octanol–water partition coefficient (Wildman–Crippen LogP) is 2.33. The van der Waals surface area contributed by atoms with Crippen LogP contribution in [0.3, 0.4) is 0 Å². The highest BCUT2D eigenvalue weighted by atomic mass is 16.3. The maximum absolute atomic E-state index is 13.1. The number of hydrogen-bond acceptors (Lipinski definition) is 9. The number of nitrogens with zero attached hydrogens (tertiary/aromatic N) is 5. The number of phenolic OH excluding ortho intramolecular Hbond substituents is 1. The van der Waals surface area contributed by atoms with Gasteiger partial charge in [0.2, 0.25) is 11.8 Å². The van der Waals surface area contributed by atoms with Crippen LogP contribution in [0.15, 0.2) is 60.8 Å². The molecular weight excluding hydrogens is 548 g/mol. The summed E-state index contributed by atoms with van der Waals surface area (Å²) >= 11 is 0. The molecule has 0 bridgehead atoms. The van der Waals surface area contributed by atoms with Crippen molar-refractivity contribution in [3.63, 3.8) is 0 Å². The number of aromatic nitrogens is 2. The molecule has 1 atom stereocenters. The van der Waals surface area contributed by atoms with Crippen LogP contribution in [0.4, 0.5) is 17.2 Å². The van der Waals surface area contributed by atoms with Gasteiger partial charge < -0.3 is 31.3 Å². The highest BCUT2D eigenvalue weighted by Gasteiger charge is 2.39. The SMILES string of the molecule is C=C1CCC(N2Cc3c(NC(=O)CCN4CCN(c5cc(-c6ccccc6O)nnc5N)CC4)cccc3C2=O)C(=O)N1. The molecular formula is C31H34N8O4. The van der Waals surface area contributed by atoms with E-state index >= 15 is 0 Å². The van der Waals surface area contributed by atoms with Crippen LogP contribution in [0.2, 0.25) is 0 Å². The summed E-state index contributed by atoms with van der Waals surface area (Å²) in [5.74, 6) is -0.100. The number of nitrogen functional groups attached to an aromatic ring is 1. The summed E-state index contributed by atoms with van der Waals surface area (Å²) in [6.45, 7) is 7.54. The standard InChI is InChI=1S/C31H34N8O4/c1-19-9-10-25(30(42)33-19)39-18-22-20(31(39)43)6-4-7-23(22)34-28(41)11-12-37-13-15-38(16-14-37)26-17-24(35-36-29(26)32)21-5-2-3-8-27(21)40/h2-8,17,25,40H,1,9-16,18H2,(H2,32,36)(H,33,42)(H,34,41). The average Bonchev–Trinajstić information content (AvgIpc) is 3.34. The van der Waals surface area contributed by atoms with Gasteiger partial charge in [0.25, 0.3) is 5.91 Å². The van der Waals surface area contributed by atoms with E-state index in [1.165, 1.54) is 0 Å². The van der Waals surface area contributed by atoms with E-state index in [0.717, 1.165) is 24.3 Å². The van der Waals surface area contributed by atoms with Crippen LogP contribution in [0, 0.1) is 0 Å². The zero-order valence-electron chi connectivity index (χ0n) is 23.8. The molecule has 1 aromatic heterocycles. The number of carbonyl (C=O) groups is 3. The minimum absolute atomic E-state index is 0.128. The molecule has 4 heterocycles. The number of carbonyl (C=O) groups excluding carboxylic acids is 3. The van der Waals surface area contributed by atoms with Crippen molar-refractivity contribution in [2.24, 2.45) is 0 Å². The van der Waals surface area contributed by atoms with Crippen LogP contribution in [0.1, 0.15) is 35.2 Å². The second-order valence-corrected chi connectivity index (χ2v) is 11.1. The Morgan fingerprint density at radius 2 is 1.84 bits per heavy atom. The number of rotatable bonds is 7. The fourth-order valence-corrected chi connectivity index (χ4v) is 5.93. The fourth-order valence-electron chi connectivity index (χ4n) is 5.93. The van der Waals surface area contributed by atoms with E-state index in [0.29, 0.717) is 72.9 Å². The van der Waals surface area contributed by atoms with Gasteiger partial charge in [0.1, 0.15) is 11.8 Å². The number of nitrogens with one attached hydrogen (secondary N) is 2. The van der Waals surface area contributed by atoms with E-state index in [9.17, 15) is 19.5 Å². The molecule has 3 aliphatic heterocycles. The number of para-hydroxylation sites is 1. The maximum atomic E-state index is 13.1. The van der Waals surface area contributed by atoms with Gasteiger partial charge in [-0.15, -0.1) is 10.2 Å². The quantitative estimate of drug-likeness (QED) is 0.328. The molecule has 2 fully saturated rings. The molecule has 12 nitrogen and oxygen atoms in total. The summed E-state index contributed by atoms with van der Waals surface area (Å²) < 4.78 is 0. The number of piperidine rings is 1. The molecule has 3 aliphatic rings. The second-order valence-electron chi connectivity index (χ2n) is 11.1. The van der Waals surface area contributed by atoms with Gasteiger partial charge in [-0.25, -0.2) is 0 Å². The summed E-state index contributed by atoms with van der Waals surface area (Å²) in [6.07, 6.45) is 1.45. The van der Waals surface area contributed by atoms with Gasteiger partial charge >= 0.3 is 0 Å². The van der Waals surface area contributed by atoms with Crippen molar-refractivity contribution in [3.8, 4) is 17.0 Å². The Bertz CT molecular complexity index is 1600. The highest BCUT2D eigenvalue weighted by Crippen LogP contribution is 2.34. The number of fused-ring (bicyclic) bond motifs is 1. The summed E-state index contributed by atoms with van der Waals surface area (Å²) in [5.41, 5.74) is 10.6. The second kappa shape index (κ2) is 11.7. The lowest BCUT2D eigenvalue weighted by atomic mass is 10.0. The predicted molar refractivity (Wildman–Crippen MR) is 162 cm³/mol. The molecule has 6 rings (SSSR count). The topological polar surface area (TPSA) is 157 Å². The number of nitrogens with two attached hydrogens (primary N) is 1. The van der Waals surface area contributed by atoms with Crippen molar-refractivity contribution in [2.45, 2.75) is 31.8 Å². The molecule has 5 N–H and O–H groups in total. The van der Waals surface area contributed by atoms with Crippen molar-refractivity contribution in [1.82, 2.24) is 25.3 Å². The van der Waals surface area contributed by atoms with E-state index < -0.39 is 6.04 Å². The van der Waals surface area contributed by atoms with E-state index in [2.05, 4.69) is 37.2 Å². The van der Waals surface area contributed by atoms with Gasteiger partial charge in [0, 0.05) is 73.8 Å². The number of benzene rings is 2. The zero-order valence-corrected chi connectivity index (χ0v) is 23.8. The summed E-state index contributed by atoms with van der Waals surface area (Å²) in [7, 11) is 0. The molecule has 0 radical (unpaired) electrons. The van der Waals surface area contributed by atoms with Crippen molar-refractivity contribution in [2.75, 3.05) is 48.7 Å². The first kappa shape index (κ1) is 28.2. The van der Waals surface area contributed by atoms with Crippen LogP contribution in [0.5, 0.6) is 5.75 Å². The number of anilines is 3. The van der Waals surface area contributed by atoms with Crippen molar-refractivity contribution in [3.05, 3.63) is 71.9 Å². The van der Waals surface area contributed by atoms with E-state index in [1.54, 1.807) is 41.3 Å². The zero-order chi connectivity index (χ0) is 30.1. The number of amides is 3. The molecule has 0 saturated carbocycles. The molecule has 3 amide bonds. The Morgan fingerprint density at radius 3 is 2.60 bits per heavy atom. The van der Waals surface area contributed by atoms with Gasteiger partial charge in [0.15, 0.2) is 5.82 Å². The normalized spacial score (nSPS) is 18.9. The maximum Gasteiger partial charge on any atom is 0.255 e. The average molecular weight is 583 g/mol. The summed E-state index contributed by atoms with van der Waals surface area (Å²) in [5, 5.41) is 24.2. The van der Waals surface area contributed by atoms with Crippen LogP contribution < -0.4 is 21.3 Å². The smallest absolute Gasteiger partial charge is 0.255 e. The highest BCUT2D eigenvalue weighted by molar-refractivity contribution is 6.04.